The summed E-state index contributed by atoms with van der Waals surface area (Å²) in [5, 5.41) is 14.6. The summed E-state index contributed by atoms with van der Waals surface area (Å²) in [5.41, 5.74) is 10.0. The van der Waals surface area contributed by atoms with Gasteiger partial charge >= 0.3 is 0 Å². The Morgan fingerprint density at radius 3 is 1.32 bits per heavy atom. The van der Waals surface area contributed by atoms with E-state index >= 15 is 0 Å². The highest BCUT2D eigenvalue weighted by atomic mass is 16.5. The van der Waals surface area contributed by atoms with Crippen molar-refractivity contribution in [1.82, 2.24) is 38.9 Å². The Morgan fingerprint density at radius 1 is 0.568 bits per heavy atom. The zero-order valence-corrected chi connectivity index (χ0v) is 43.9. The number of amides is 2. The number of ether oxygens (including phenoxy) is 2. The molecule has 0 unspecified atom stereocenters. The van der Waals surface area contributed by atoms with Gasteiger partial charge in [-0.25, -0.2) is 19.9 Å². The highest BCUT2D eigenvalue weighted by molar-refractivity contribution is 6.03. The minimum absolute atomic E-state index is 0.299. The summed E-state index contributed by atoms with van der Waals surface area (Å²) >= 11 is 0. The lowest BCUT2D eigenvalue weighted by molar-refractivity contribution is -0.112. The standard InChI is InChI=1S/2C28H33N7O2/c2*1-7-27(36)30-22-16-23(26(37-6)17-25(22)34(4)15-14-33(2)3)32-28-29-13-12-21(31-28)20-18-35(5)24-11-9-8-10-19(20)24/h2*7-13,16-18H,1,14-15H2,2-6H3,(H,30,36)(H,29,31,32). The molecule has 0 saturated carbocycles. The number of benzene rings is 4. The van der Waals surface area contributed by atoms with Gasteiger partial charge in [-0.3, -0.25) is 9.59 Å². The summed E-state index contributed by atoms with van der Waals surface area (Å²) in [6.45, 7) is 10.4. The number of nitrogens with one attached hydrogen (secondary N) is 4. The molecule has 2 amide bonds. The molecule has 0 bridgehead atoms. The van der Waals surface area contributed by atoms with Crippen molar-refractivity contribution >= 4 is 79.6 Å². The fourth-order valence-electron chi connectivity index (χ4n) is 8.28. The van der Waals surface area contributed by atoms with E-state index in [1.165, 1.54) is 12.2 Å². The van der Waals surface area contributed by atoms with Gasteiger partial charge in [-0.05, 0) is 76.7 Å². The van der Waals surface area contributed by atoms with Crippen LogP contribution in [0.1, 0.15) is 0 Å². The second kappa shape index (κ2) is 24.1. The molecule has 4 aromatic carbocycles. The number of likely N-dealkylation sites (N-methyl/N-ethyl adjacent to an activating group) is 4. The predicted molar refractivity (Wildman–Crippen MR) is 302 cm³/mol. The van der Waals surface area contributed by atoms with Gasteiger partial charge in [0, 0.05) is 124 Å². The zero-order valence-electron chi connectivity index (χ0n) is 43.9. The van der Waals surface area contributed by atoms with E-state index in [-0.39, 0.29) is 11.8 Å². The molecule has 8 rings (SSSR count). The van der Waals surface area contributed by atoms with E-state index in [0.717, 1.165) is 81.9 Å². The van der Waals surface area contributed by atoms with Crippen LogP contribution in [0.4, 0.5) is 46.0 Å². The Morgan fingerprint density at radius 2 is 0.959 bits per heavy atom. The number of rotatable bonds is 20. The number of carbonyl (C=O) groups is 2. The molecule has 384 valence electrons. The first-order valence-electron chi connectivity index (χ1n) is 23.9. The average molecular weight is 999 g/mol. The number of nitrogens with zero attached hydrogens (tertiary/aromatic N) is 10. The minimum atomic E-state index is -0.299. The van der Waals surface area contributed by atoms with Gasteiger partial charge < -0.3 is 59.5 Å². The predicted octanol–water partition coefficient (Wildman–Crippen LogP) is 9.02. The van der Waals surface area contributed by atoms with Gasteiger partial charge in [0.15, 0.2) is 0 Å². The number of fused-ring (bicyclic) bond motifs is 2. The normalized spacial score (nSPS) is 11.0. The molecule has 8 aromatic rings. The molecule has 0 aliphatic rings. The van der Waals surface area contributed by atoms with Crippen LogP contribution in [-0.2, 0) is 23.7 Å². The molecule has 74 heavy (non-hydrogen) atoms. The van der Waals surface area contributed by atoms with Crippen LogP contribution in [0.3, 0.4) is 0 Å². The molecule has 0 aliphatic heterocycles. The fraction of sp³-hybridized carbons (Fsp3) is 0.250. The van der Waals surface area contributed by atoms with Gasteiger partial charge in [-0.2, -0.15) is 0 Å². The van der Waals surface area contributed by atoms with Crippen molar-refractivity contribution in [3.63, 3.8) is 0 Å². The second-order valence-electron chi connectivity index (χ2n) is 18.1. The molecule has 4 N–H and O–H groups in total. The van der Waals surface area contributed by atoms with E-state index in [1.807, 2.05) is 117 Å². The van der Waals surface area contributed by atoms with Gasteiger partial charge in [0.1, 0.15) is 11.5 Å². The van der Waals surface area contributed by atoms with Crippen LogP contribution in [0.5, 0.6) is 11.5 Å². The Hall–Kier alpha value is -8.74. The SMILES string of the molecule is C=CC(=O)Nc1cc(Nc2nccc(-c3cn(C)c4ccccc34)n2)c(OC)cc1N(C)CCN(C)C.C=CC(=O)Nc1cc(Nc2nccc(-c3cn(C)c4ccccc34)n2)c(OC)cc1N(C)CCN(C)C. The Labute approximate surface area is 433 Å². The Balaban J connectivity index is 0.000000216. The van der Waals surface area contributed by atoms with Gasteiger partial charge in [-0.15, -0.1) is 0 Å². The van der Waals surface area contributed by atoms with Crippen molar-refractivity contribution in [2.45, 2.75) is 0 Å². The highest BCUT2D eigenvalue weighted by Gasteiger charge is 2.20. The number of para-hydroxylation sites is 2. The van der Waals surface area contributed by atoms with Crippen molar-refractivity contribution in [3.05, 3.63) is 135 Å². The Kier molecular flexibility index (Phi) is 17.3. The quantitative estimate of drug-likeness (QED) is 0.0533. The Bertz CT molecular complexity index is 3070. The number of hydrogen-bond acceptors (Lipinski definition) is 14. The van der Waals surface area contributed by atoms with Gasteiger partial charge in [-0.1, -0.05) is 49.6 Å². The zero-order chi connectivity index (χ0) is 53.1. The summed E-state index contributed by atoms with van der Waals surface area (Å²) < 4.78 is 15.6. The van der Waals surface area contributed by atoms with Crippen LogP contribution in [0.15, 0.2) is 135 Å². The summed E-state index contributed by atoms with van der Waals surface area (Å²) in [6.07, 6.45) is 10.1. The number of aromatic nitrogens is 6. The molecule has 4 aromatic heterocycles. The van der Waals surface area contributed by atoms with Crippen LogP contribution in [0, 0.1) is 0 Å². The minimum Gasteiger partial charge on any atom is -0.494 e. The average Bonchev–Trinajstić information content (AvgIpc) is 3.93. The maximum atomic E-state index is 12.2. The third-order valence-corrected chi connectivity index (χ3v) is 12.3. The molecule has 0 aliphatic carbocycles. The highest BCUT2D eigenvalue weighted by Crippen LogP contribution is 2.40. The molecule has 18 heteroatoms. The van der Waals surface area contributed by atoms with Gasteiger partial charge in [0.2, 0.25) is 23.7 Å². The molecule has 4 heterocycles. The van der Waals surface area contributed by atoms with E-state index in [4.69, 9.17) is 19.4 Å². The molecule has 0 fully saturated rings. The van der Waals surface area contributed by atoms with Crippen LogP contribution >= 0.6 is 0 Å². The largest absolute Gasteiger partial charge is 0.494 e. The van der Waals surface area contributed by atoms with Crippen LogP contribution in [-0.4, -0.2) is 133 Å². The van der Waals surface area contributed by atoms with E-state index in [0.29, 0.717) is 46.1 Å². The summed E-state index contributed by atoms with van der Waals surface area (Å²) in [5.74, 6) is 1.43. The monoisotopic (exact) mass is 999 g/mol. The van der Waals surface area contributed by atoms with Crippen LogP contribution in [0.25, 0.3) is 44.3 Å². The maximum absolute atomic E-state index is 12.2. The second-order valence-corrected chi connectivity index (χ2v) is 18.1. The molecular formula is C56H66N14O4. The first-order chi connectivity index (χ1) is 35.6. The van der Waals surface area contributed by atoms with E-state index in [9.17, 15) is 9.59 Å². The lowest BCUT2D eigenvalue weighted by Gasteiger charge is -2.26. The lowest BCUT2D eigenvalue weighted by atomic mass is 10.1. The number of carbonyl (C=O) groups excluding carboxylic acids is 2. The number of aryl methyl sites for hydroxylation is 2. The molecule has 0 radical (unpaired) electrons. The first kappa shape index (κ1) is 53.1. The molecule has 0 spiro atoms. The first-order valence-corrected chi connectivity index (χ1v) is 23.9. The topological polar surface area (TPSA) is 175 Å². The summed E-state index contributed by atoms with van der Waals surface area (Å²) in [4.78, 5) is 51.2. The van der Waals surface area contributed by atoms with Crippen molar-refractivity contribution in [2.75, 3.05) is 114 Å². The van der Waals surface area contributed by atoms with Crippen LogP contribution in [0.2, 0.25) is 0 Å². The summed E-state index contributed by atoms with van der Waals surface area (Å²) in [7, 11) is 19.3. The van der Waals surface area contributed by atoms with Crippen molar-refractivity contribution in [1.29, 1.82) is 0 Å². The number of hydrogen-bond donors (Lipinski definition) is 4. The van der Waals surface area contributed by atoms with E-state index in [2.05, 4.69) is 110 Å². The van der Waals surface area contributed by atoms with Gasteiger partial charge in [0.25, 0.3) is 0 Å². The number of anilines is 8. The fourth-order valence-corrected chi connectivity index (χ4v) is 8.28. The third kappa shape index (κ3) is 12.6. The lowest BCUT2D eigenvalue weighted by Crippen LogP contribution is -2.29. The smallest absolute Gasteiger partial charge is 0.247 e. The van der Waals surface area contributed by atoms with Crippen molar-refractivity contribution in [2.24, 2.45) is 14.1 Å². The molecule has 0 saturated heterocycles. The van der Waals surface area contributed by atoms with E-state index in [1.54, 1.807) is 26.6 Å². The molecule has 18 nitrogen and oxygen atoms in total. The van der Waals surface area contributed by atoms with Crippen molar-refractivity contribution in [3.8, 4) is 34.0 Å². The van der Waals surface area contributed by atoms with Crippen molar-refractivity contribution < 1.29 is 19.1 Å². The van der Waals surface area contributed by atoms with E-state index < -0.39 is 0 Å². The molecular weight excluding hydrogens is 933 g/mol. The van der Waals surface area contributed by atoms with Gasteiger partial charge in [0.05, 0.1) is 59.7 Å². The van der Waals surface area contributed by atoms with Crippen LogP contribution < -0.4 is 40.5 Å². The maximum Gasteiger partial charge on any atom is 0.247 e. The molecule has 0 atom stereocenters. The number of methoxy groups -OCH3 is 2. The third-order valence-electron chi connectivity index (χ3n) is 12.3. The summed E-state index contributed by atoms with van der Waals surface area (Å²) in [6, 6.07) is 27.7.